The van der Waals surface area contributed by atoms with Gasteiger partial charge >= 0.3 is 0 Å². The first kappa shape index (κ1) is 15.1. The van der Waals surface area contributed by atoms with Crippen LogP contribution in [-0.4, -0.2) is 54.9 Å². The van der Waals surface area contributed by atoms with Crippen LogP contribution >= 0.6 is 15.9 Å². The van der Waals surface area contributed by atoms with Gasteiger partial charge in [0.2, 0.25) is 0 Å². The molecule has 3 aromatic rings. The molecule has 21 heavy (non-hydrogen) atoms. The lowest BCUT2D eigenvalue weighted by Crippen LogP contribution is -2.47. The molecular weight excluding hydrogens is 316 g/mol. The second-order valence-electron chi connectivity index (χ2n) is 4.72. The van der Waals surface area contributed by atoms with Crippen LogP contribution in [0.5, 0.6) is 0 Å². The smallest absolute Gasteiger partial charge is 0.128 e. The van der Waals surface area contributed by atoms with Gasteiger partial charge in [-0.05, 0) is 0 Å². The average molecular weight is 316 g/mol. The summed E-state index contributed by atoms with van der Waals surface area (Å²) in [5.74, 6) is 0. The third-order valence-electron chi connectivity index (χ3n) is 3.57. The number of hydrogen-bond donors (Lipinski definition) is 0. The summed E-state index contributed by atoms with van der Waals surface area (Å²) in [6.45, 7) is 0. The van der Waals surface area contributed by atoms with E-state index in [0.717, 1.165) is 0 Å². The molecule has 1 nitrogen and oxygen atoms in total. The van der Waals surface area contributed by atoms with Gasteiger partial charge in [-0.3, -0.25) is 0 Å². The van der Waals surface area contributed by atoms with Crippen molar-refractivity contribution >= 4 is 131 Å². The molecule has 0 aliphatic heterocycles. The molecule has 14 radical (unpaired) electrons. The second kappa shape index (κ2) is 4.84. The zero-order valence-corrected chi connectivity index (χ0v) is 12.4. The van der Waals surface area contributed by atoms with E-state index in [-0.39, 0.29) is 38.2 Å². The molecule has 0 saturated heterocycles. The fourth-order valence-electron chi connectivity index (χ4n) is 2.34. The van der Waals surface area contributed by atoms with Crippen LogP contribution in [0.25, 0.3) is 21.9 Å². The molecule has 1 heterocycles. The first-order chi connectivity index (χ1) is 9.77. The van der Waals surface area contributed by atoms with Crippen LogP contribution in [0.15, 0.2) is 8.89 Å². The summed E-state index contributed by atoms with van der Waals surface area (Å²) >= 11 is 3.38. The van der Waals surface area contributed by atoms with Crippen LogP contribution in [0.2, 0.25) is 0 Å². The molecule has 3 rings (SSSR count). The van der Waals surface area contributed by atoms with E-state index in [1.807, 2.05) is 0 Å². The number of furan rings is 1. The third-order valence-corrected chi connectivity index (χ3v) is 4.40. The summed E-state index contributed by atoms with van der Waals surface area (Å²) in [5, 5.41) is 1.06. The predicted octanol–water partition coefficient (Wildman–Crippen LogP) is -4.09. The van der Waals surface area contributed by atoms with E-state index in [2.05, 4.69) is 15.9 Å². The molecule has 0 aliphatic rings. The van der Waals surface area contributed by atoms with Crippen molar-refractivity contribution in [2.45, 2.75) is 0 Å². The quantitative estimate of drug-likeness (QED) is 0.385. The first-order valence-electron chi connectivity index (χ1n) is 5.87. The van der Waals surface area contributed by atoms with E-state index in [1.165, 1.54) is 0 Å². The lowest BCUT2D eigenvalue weighted by molar-refractivity contribution is 0.675. The zero-order valence-electron chi connectivity index (χ0n) is 10.8. The summed E-state index contributed by atoms with van der Waals surface area (Å²) in [4.78, 5) is 0. The molecule has 0 saturated carbocycles. The zero-order chi connectivity index (χ0) is 15.6. The van der Waals surface area contributed by atoms with E-state index in [9.17, 15) is 0 Å². The summed E-state index contributed by atoms with van der Waals surface area (Å²) in [7, 11) is 41.5. The van der Waals surface area contributed by atoms with E-state index in [4.69, 9.17) is 59.3 Å². The Morgan fingerprint density at radius 1 is 0.524 bits per heavy atom. The molecule has 0 aliphatic carbocycles. The monoisotopic (exact) mass is 316 g/mol. The minimum atomic E-state index is 0.162. The van der Waals surface area contributed by atoms with Gasteiger partial charge in [-0.2, -0.15) is 0 Å². The van der Waals surface area contributed by atoms with Gasteiger partial charge in [-0.25, -0.2) is 0 Å². The highest BCUT2D eigenvalue weighted by Crippen LogP contribution is 2.28. The minimum Gasteiger partial charge on any atom is -0.457 e. The van der Waals surface area contributed by atoms with Crippen molar-refractivity contribution in [3.05, 3.63) is 4.47 Å². The van der Waals surface area contributed by atoms with Gasteiger partial charge in [0, 0.05) is 15.2 Å². The minimum absolute atomic E-state index is 0.162. The molecule has 0 N–H and O–H groups in total. The Hall–Kier alpha value is -0.825. The normalized spacial score (nSPS) is 11.5. The SMILES string of the molecule is [B]c1c([B])c([B])c2c(oc3c([B])c([B])c([B])c(Br)c32)c1[B]. The molecular formula is C12B7BrO. The Kier molecular flexibility index (Phi) is 3.48. The van der Waals surface area contributed by atoms with Gasteiger partial charge in [0.25, 0.3) is 0 Å². The number of benzene rings is 2. The number of halogens is 1. The highest BCUT2D eigenvalue weighted by atomic mass is 79.9. The highest BCUT2D eigenvalue weighted by Gasteiger charge is 2.20. The van der Waals surface area contributed by atoms with Crippen molar-refractivity contribution in [3.63, 3.8) is 0 Å². The lowest BCUT2D eigenvalue weighted by Gasteiger charge is -2.13. The Morgan fingerprint density at radius 2 is 0.952 bits per heavy atom. The predicted molar refractivity (Wildman–Crippen MR) is 99.1 cm³/mol. The highest BCUT2D eigenvalue weighted by molar-refractivity contribution is 9.10. The Bertz CT molecular complexity index is 857. The van der Waals surface area contributed by atoms with E-state index in [0.29, 0.717) is 26.4 Å². The van der Waals surface area contributed by atoms with Gasteiger partial charge in [0.05, 0.1) is 0 Å². The maximum Gasteiger partial charge on any atom is 0.128 e. The van der Waals surface area contributed by atoms with Gasteiger partial charge in [-0.15, -0.1) is 16.4 Å². The molecule has 0 unspecified atom stereocenters. The summed E-state index contributed by atoms with van der Waals surface area (Å²) < 4.78 is 6.23. The number of fused-ring (bicyclic) bond motifs is 3. The Balaban J connectivity index is 2.73. The third kappa shape index (κ3) is 1.86. The maximum atomic E-state index is 6.05. The largest absolute Gasteiger partial charge is 0.457 e. The van der Waals surface area contributed by atoms with Crippen molar-refractivity contribution in [1.82, 2.24) is 0 Å². The summed E-state index contributed by atoms with van der Waals surface area (Å²) in [6, 6.07) is 0. The second-order valence-corrected chi connectivity index (χ2v) is 5.51. The topological polar surface area (TPSA) is 13.1 Å². The van der Waals surface area contributed by atoms with Gasteiger partial charge in [-0.1, -0.05) is 37.8 Å². The fraction of sp³-hybridized carbons (Fsp3) is 0. The maximum absolute atomic E-state index is 6.05. The van der Waals surface area contributed by atoms with Crippen LogP contribution in [0.3, 0.4) is 0 Å². The fourth-order valence-corrected chi connectivity index (χ4v) is 2.94. The van der Waals surface area contributed by atoms with Crippen LogP contribution in [0, 0.1) is 0 Å². The van der Waals surface area contributed by atoms with Crippen LogP contribution < -0.4 is 38.2 Å². The van der Waals surface area contributed by atoms with E-state index in [1.54, 1.807) is 0 Å². The first-order valence-corrected chi connectivity index (χ1v) is 6.66. The lowest BCUT2D eigenvalue weighted by atomic mass is 9.65. The molecule has 1 aromatic heterocycles. The molecule has 0 spiro atoms. The van der Waals surface area contributed by atoms with E-state index >= 15 is 0 Å². The van der Waals surface area contributed by atoms with Crippen molar-refractivity contribution < 1.29 is 4.42 Å². The van der Waals surface area contributed by atoms with Gasteiger partial charge < -0.3 is 4.42 Å². The van der Waals surface area contributed by atoms with Gasteiger partial charge in [0.1, 0.15) is 66.1 Å². The molecule has 0 fully saturated rings. The molecule has 82 valence electrons. The average Bonchev–Trinajstić information content (AvgIpc) is 2.87. The Labute approximate surface area is 140 Å². The van der Waals surface area contributed by atoms with Crippen molar-refractivity contribution in [2.75, 3.05) is 0 Å². The molecule has 9 heteroatoms. The van der Waals surface area contributed by atoms with Crippen LogP contribution in [0.4, 0.5) is 0 Å². The number of hydrogen-bond acceptors (Lipinski definition) is 1. The van der Waals surface area contributed by atoms with Crippen molar-refractivity contribution in [1.29, 1.82) is 0 Å². The molecule has 2 aromatic carbocycles. The molecule has 0 atom stereocenters. The molecule has 0 bridgehead atoms. The standard InChI is InChI=1S/C12B7BrO/c13-3-1-2-10(20)7(17)6(16)9(19)12(2)21-11(1)8(18)5(15)4(3)14. The van der Waals surface area contributed by atoms with Crippen molar-refractivity contribution in [3.8, 4) is 0 Å². The van der Waals surface area contributed by atoms with E-state index < -0.39 is 0 Å². The number of rotatable bonds is 0. The molecule has 0 amide bonds. The van der Waals surface area contributed by atoms with Crippen LogP contribution in [-0.2, 0) is 0 Å². The Morgan fingerprint density at radius 3 is 1.52 bits per heavy atom. The van der Waals surface area contributed by atoms with Crippen molar-refractivity contribution in [2.24, 2.45) is 0 Å². The summed E-state index contributed by atoms with van der Waals surface area (Å²) in [5.41, 5.74) is 2.12. The van der Waals surface area contributed by atoms with Crippen LogP contribution in [0.1, 0.15) is 0 Å². The van der Waals surface area contributed by atoms with Gasteiger partial charge in [0.15, 0.2) is 0 Å². The summed E-state index contributed by atoms with van der Waals surface area (Å²) in [6.07, 6.45) is 0.